The van der Waals surface area contributed by atoms with Crippen LogP contribution in [-0.4, -0.2) is 86.7 Å². The van der Waals surface area contributed by atoms with Gasteiger partial charge in [-0.3, -0.25) is 14.6 Å². The number of likely N-dealkylation sites (tertiary alicyclic amines) is 1. The van der Waals surface area contributed by atoms with Crippen LogP contribution in [-0.2, 0) is 14.3 Å². The molecule has 9 heteroatoms. The van der Waals surface area contributed by atoms with E-state index in [-0.39, 0.29) is 6.04 Å². The van der Waals surface area contributed by atoms with Crippen LogP contribution in [0.3, 0.4) is 0 Å². The van der Waals surface area contributed by atoms with Gasteiger partial charge in [0, 0.05) is 56.1 Å². The lowest BCUT2D eigenvalue weighted by atomic mass is 9.98. The predicted octanol–water partition coefficient (Wildman–Crippen LogP) is 4.31. The molecule has 0 atom stereocenters. The average molecular weight is 564 g/mol. The number of carbonyl (C=O) groups is 2. The lowest BCUT2D eigenvalue weighted by Gasteiger charge is -2.34. The van der Waals surface area contributed by atoms with Gasteiger partial charge >= 0.3 is 0 Å². The van der Waals surface area contributed by atoms with E-state index < -0.39 is 0 Å². The minimum Gasteiger partial charge on any atom is -0.477 e. The molecule has 41 heavy (non-hydrogen) atoms. The van der Waals surface area contributed by atoms with Crippen LogP contribution in [0.5, 0.6) is 5.88 Å². The summed E-state index contributed by atoms with van der Waals surface area (Å²) in [5.41, 5.74) is 4.10. The molecule has 0 aromatic carbocycles. The summed E-state index contributed by atoms with van der Waals surface area (Å²) in [6.45, 7) is 8.33. The maximum absolute atomic E-state index is 11.4. The molecule has 3 aliphatic rings. The van der Waals surface area contributed by atoms with Crippen molar-refractivity contribution in [2.24, 2.45) is 11.0 Å². The Morgan fingerprint density at radius 2 is 1.98 bits per heavy atom. The molecule has 1 N–H and O–H groups in total. The van der Waals surface area contributed by atoms with Crippen LogP contribution >= 0.6 is 0 Å². The van der Waals surface area contributed by atoms with Gasteiger partial charge in [0.05, 0.1) is 18.3 Å². The van der Waals surface area contributed by atoms with Gasteiger partial charge in [-0.05, 0) is 95.3 Å². The maximum atomic E-state index is 11.4. The van der Waals surface area contributed by atoms with Gasteiger partial charge in [0.25, 0.3) is 0 Å². The third-order valence-corrected chi connectivity index (χ3v) is 7.56. The molecular formula is C32H45N5O4. The molecule has 9 nitrogen and oxygen atoms in total. The number of pyridine rings is 1. The summed E-state index contributed by atoms with van der Waals surface area (Å²) in [6, 6.07) is 5.93. The highest BCUT2D eigenvalue weighted by Gasteiger charge is 2.27. The van der Waals surface area contributed by atoms with Crippen LogP contribution in [0, 0.1) is 5.92 Å². The lowest BCUT2D eigenvalue weighted by molar-refractivity contribution is -0.105. The molecule has 1 aromatic rings. The van der Waals surface area contributed by atoms with Crippen LogP contribution < -0.4 is 10.1 Å². The molecule has 0 bridgehead atoms. The number of rotatable bonds is 10. The molecule has 222 valence electrons. The molecule has 2 aliphatic heterocycles. The molecule has 3 heterocycles. The summed E-state index contributed by atoms with van der Waals surface area (Å²) in [5.74, 6) is 1.44. The number of hydrogen-bond donors (Lipinski definition) is 1. The number of piperidine rings is 1. The number of carbonyl (C=O) groups excluding carboxylic acids is 2. The molecule has 4 rings (SSSR count). The second-order valence-corrected chi connectivity index (χ2v) is 10.4. The van der Waals surface area contributed by atoms with E-state index in [0.717, 1.165) is 66.0 Å². The van der Waals surface area contributed by atoms with Crippen LogP contribution in [0.1, 0.15) is 46.0 Å². The first-order valence-electron chi connectivity index (χ1n) is 14.5. The third-order valence-electron chi connectivity index (χ3n) is 7.56. The van der Waals surface area contributed by atoms with Gasteiger partial charge in [0.15, 0.2) is 0 Å². The van der Waals surface area contributed by atoms with E-state index in [2.05, 4.69) is 27.3 Å². The van der Waals surface area contributed by atoms with Crippen LogP contribution in [0.2, 0.25) is 0 Å². The monoisotopic (exact) mass is 563 g/mol. The van der Waals surface area contributed by atoms with Gasteiger partial charge < -0.3 is 19.7 Å². The number of hydrogen-bond acceptors (Lipinski definition) is 9. The second kappa shape index (κ2) is 17.3. The molecule has 0 amide bonds. The van der Waals surface area contributed by atoms with Crippen molar-refractivity contribution >= 4 is 18.8 Å². The summed E-state index contributed by atoms with van der Waals surface area (Å²) in [6.07, 6.45) is 15.3. The van der Waals surface area contributed by atoms with Gasteiger partial charge in [-0.1, -0.05) is 12.1 Å². The third kappa shape index (κ3) is 9.79. The fourth-order valence-electron chi connectivity index (χ4n) is 5.09. The van der Waals surface area contributed by atoms with Gasteiger partial charge in [-0.15, -0.1) is 0 Å². The Hall–Kier alpha value is -3.56. The standard InChI is InChI=1S/C20H27N3O3.C12H18N2O/c1-4-22-23(17-8-11-26-12-9-17)20(7-10-24)18-6-5-16(14-25)15(2)13-19(18)21-3;1-14-8-5-11(6-9-14)10-15-12-4-2-3-7-13-12/h4,6-7,10,13-14,17,21H,5,8-9,11-12H2,1-3H3;2-4,7,11H,5-6,8-10H2,1H3/b20-7+,22-4-;. The largest absolute Gasteiger partial charge is 0.477 e. The quantitative estimate of drug-likeness (QED) is 0.195. The zero-order chi connectivity index (χ0) is 29.5. The molecule has 1 aliphatic carbocycles. The summed E-state index contributed by atoms with van der Waals surface area (Å²) >= 11 is 0. The number of nitrogens with zero attached hydrogens (tertiary/aromatic N) is 4. The van der Waals surface area contributed by atoms with Crippen LogP contribution in [0.25, 0.3) is 0 Å². The highest BCUT2D eigenvalue weighted by atomic mass is 16.5. The molecule has 0 spiro atoms. The van der Waals surface area contributed by atoms with E-state index in [1.54, 1.807) is 18.5 Å². The molecule has 2 fully saturated rings. The molecule has 0 radical (unpaired) electrons. The van der Waals surface area contributed by atoms with E-state index in [0.29, 0.717) is 25.6 Å². The topological polar surface area (TPSA) is 96.4 Å². The van der Waals surface area contributed by atoms with E-state index in [1.807, 2.05) is 56.3 Å². The Morgan fingerprint density at radius 3 is 2.59 bits per heavy atom. The zero-order valence-corrected chi connectivity index (χ0v) is 24.9. The smallest absolute Gasteiger partial charge is 0.213 e. The van der Waals surface area contributed by atoms with Crippen molar-refractivity contribution in [1.29, 1.82) is 0 Å². The molecule has 0 saturated carbocycles. The molecule has 2 saturated heterocycles. The van der Waals surface area contributed by atoms with Crippen molar-refractivity contribution in [3.8, 4) is 5.88 Å². The van der Waals surface area contributed by atoms with Crippen molar-refractivity contribution in [3.63, 3.8) is 0 Å². The van der Waals surface area contributed by atoms with Gasteiger partial charge in [0.2, 0.25) is 5.88 Å². The number of ether oxygens (including phenoxy) is 2. The van der Waals surface area contributed by atoms with Crippen molar-refractivity contribution in [2.75, 3.05) is 47.0 Å². The summed E-state index contributed by atoms with van der Waals surface area (Å²) < 4.78 is 11.1. The van der Waals surface area contributed by atoms with Crippen LogP contribution in [0.4, 0.5) is 0 Å². The summed E-state index contributed by atoms with van der Waals surface area (Å²) in [5, 5.41) is 9.65. The maximum Gasteiger partial charge on any atom is 0.213 e. The van der Waals surface area contributed by atoms with Crippen molar-refractivity contribution in [2.45, 2.75) is 52.0 Å². The van der Waals surface area contributed by atoms with E-state index in [9.17, 15) is 9.59 Å². The summed E-state index contributed by atoms with van der Waals surface area (Å²) in [4.78, 5) is 29.3. The minimum absolute atomic E-state index is 0.160. The Kier molecular flexibility index (Phi) is 13.5. The lowest BCUT2D eigenvalue weighted by Crippen LogP contribution is -2.36. The molecule has 0 unspecified atom stereocenters. The van der Waals surface area contributed by atoms with E-state index in [1.165, 1.54) is 25.9 Å². The van der Waals surface area contributed by atoms with Gasteiger partial charge in [-0.2, -0.15) is 5.10 Å². The Balaban J connectivity index is 0.000000260. The minimum atomic E-state index is 0.160. The zero-order valence-electron chi connectivity index (χ0n) is 24.9. The number of allylic oxidation sites excluding steroid dienone is 5. The Morgan fingerprint density at radius 1 is 1.22 bits per heavy atom. The van der Waals surface area contributed by atoms with Crippen LogP contribution in [0.15, 0.2) is 75.8 Å². The van der Waals surface area contributed by atoms with Gasteiger partial charge in [0.1, 0.15) is 12.6 Å². The highest BCUT2D eigenvalue weighted by molar-refractivity contribution is 5.77. The fraction of sp³-hybridized carbons (Fsp3) is 0.500. The SMILES string of the molecule is C/C=N\N(/C(=C/C=O)C1=CCC(C=O)=C(C)C=C1NC)C1CCOCC1.CN1CCC(COc2ccccn2)CC1. The van der Waals surface area contributed by atoms with Crippen molar-refractivity contribution in [3.05, 3.63) is 70.7 Å². The number of hydrazone groups is 1. The average Bonchev–Trinajstić information content (AvgIpc) is 3.17. The van der Waals surface area contributed by atoms with E-state index in [4.69, 9.17) is 9.47 Å². The van der Waals surface area contributed by atoms with Gasteiger partial charge in [-0.25, -0.2) is 4.98 Å². The Bertz CT molecular complexity index is 1130. The number of nitrogens with one attached hydrogen (secondary N) is 1. The van der Waals surface area contributed by atoms with E-state index >= 15 is 0 Å². The first-order chi connectivity index (χ1) is 20.0. The number of aromatic nitrogens is 1. The molecule has 1 aromatic heterocycles. The van der Waals surface area contributed by atoms with Crippen molar-refractivity contribution in [1.82, 2.24) is 20.2 Å². The summed E-state index contributed by atoms with van der Waals surface area (Å²) in [7, 11) is 4.01. The normalized spacial score (nSPS) is 19.5. The number of likely N-dealkylation sites (N-methyl/N-ethyl adjacent to an activating group) is 1. The fourth-order valence-corrected chi connectivity index (χ4v) is 5.09. The first-order valence-corrected chi connectivity index (χ1v) is 14.5. The second-order valence-electron chi connectivity index (χ2n) is 10.4. The first kappa shape index (κ1) is 32.0. The Labute approximate surface area is 244 Å². The highest BCUT2D eigenvalue weighted by Crippen LogP contribution is 2.31. The predicted molar refractivity (Wildman–Crippen MR) is 163 cm³/mol. The number of aldehydes is 2. The molecular weight excluding hydrogens is 518 g/mol. The van der Waals surface area contributed by atoms with Crippen molar-refractivity contribution < 1.29 is 19.1 Å².